The zero-order valence-corrected chi connectivity index (χ0v) is 10.4. The molecule has 88 valence electrons. The van der Waals surface area contributed by atoms with Gasteiger partial charge >= 0.3 is 0 Å². The molecule has 1 aliphatic rings. The van der Waals surface area contributed by atoms with Crippen LogP contribution in [0.4, 0.5) is 0 Å². The summed E-state index contributed by atoms with van der Waals surface area (Å²) in [7, 11) is 1.93. The van der Waals surface area contributed by atoms with E-state index < -0.39 is 0 Å². The molecule has 15 heavy (non-hydrogen) atoms. The molecule has 0 radical (unpaired) electrons. The molecule has 2 heteroatoms. The molecule has 1 unspecified atom stereocenters. The molecule has 0 saturated heterocycles. The monoisotopic (exact) mass is 211 g/mol. The maximum atomic E-state index is 12.0. The van der Waals surface area contributed by atoms with Crippen molar-refractivity contribution >= 4 is 5.78 Å². The van der Waals surface area contributed by atoms with E-state index in [4.69, 9.17) is 0 Å². The summed E-state index contributed by atoms with van der Waals surface area (Å²) in [6.07, 6.45) is 7.15. The van der Waals surface area contributed by atoms with E-state index in [1.807, 2.05) is 7.05 Å². The van der Waals surface area contributed by atoms with E-state index in [9.17, 15) is 4.79 Å². The highest BCUT2D eigenvalue weighted by atomic mass is 16.1. The fourth-order valence-electron chi connectivity index (χ4n) is 2.66. The standard InChI is InChI=1S/C13H25NO/c1-10(2)9-12(15)13(14-3)11-7-5-4-6-8-11/h10-11,13-14H,4-9H2,1-3H3. The van der Waals surface area contributed by atoms with Crippen LogP contribution in [0.5, 0.6) is 0 Å². The van der Waals surface area contributed by atoms with Gasteiger partial charge in [0.2, 0.25) is 0 Å². The molecule has 0 heterocycles. The van der Waals surface area contributed by atoms with Crippen molar-refractivity contribution in [2.75, 3.05) is 7.05 Å². The van der Waals surface area contributed by atoms with Crippen LogP contribution in [0.2, 0.25) is 0 Å². The van der Waals surface area contributed by atoms with Gasteiger partial charge in [0, 0.05) is 6.42 Å². The number of hydrogen-bond acceptors (Lipinski definition) is 2. The smallest absolute Gasteiger partial charge is 0.150 e. The van der Waals surface area contributed by atoms with Crippen LogP contribution in [0.3, 0.4) is 0 Å². The second kappa shape index (κ2) is 6.26. The van der Waals surface area contributed by atoms with Crippen LogP contribution in [0.1, 0.15) is 52.4 Å². The van der Waals surface area contributed by atoms with Crippen LogP contribution >= 0.6 is 0 Å². The van der Waals surface area contributed by atoms with Crippen molar-refractivity contribution in [3.8, 4) is 0 Å². The largest absolute Gasteiger partial charge is 0.310 e. The second-order valence-corrected chi connectivity index (χ2v) is 5.23. The summed E-state index contributed by atoms with van der Waals surface area (Å²) < 4.78 is 0. The molecule has 2 nitrogen and oxygen atoms in total. The SMILES string of the molecule is CNC(C(=O)CC(C)C)C1CCCCC1. The summed E-state index contributed by atoms with van der Waals surface area (Å²) in [6, 6.07) is 0.118. The molecule has 0 aromatic rings. The number of rotatable bonds is 5. The van der Waals surface area contributed by atoms with Crippen LogP contribution in [-0.4, -0.2) is 18.9 Å². The quantitative estimate of drug-likeness (QED) is 0.757. The fraction of sp³-hybridized carbons (Fsp3) is 0.923. The predicted molar refractivity (Wildman–Crippen MR) is 63.9 cm³/mol. The summed E-state index contributed by atoms with van der Waals surface area (Å²) in [5, 5.41) is 3.23. The van der Waals surface area contributed by atoms with Gasteiger partial charge in [-0.25, -0.2) is 0 Å². The Morgan fingerprint density at radius 2 is 1.87 bits per heavy atom. The van der Waals surface area contributed by atoms with Crippen molar-refractivity contribution < 1.29 is 4.79 Å². The molecule has 0 aromatic carbocycles. The van der Waals surface area contributed by atoms with Gasteiger partial charge in [-0.3, -0.25) is 4.79 Å². The normalized spacial score (nSPS) is 20.5. The molecule has 1 rings (SSSR count). The minimum absolute atomic E-state index is 0.118. The number of ketones is 1. The third-order valence-electron chi connectivity index (χ3n) is 3.39. The van der Waals surface area contributed by atoms with Crippen molar-refractivity contribution in [3.05, 3.63) is 0 Å². The fourth-order valence-corrected chi connectivity index (χ4v) is 2.66. The lowest BCUT2D eigenvalue weighted by Gasteiger charge is -2.29. The van der Waals surface area contributed by atoms with E-state index >= 15 is 0 Å². The Bertz CT molecular complexity index is 195. The maximum Gasteiger partial charge on any atom is 0.150 e. The first-order valence-electron chi connectivity index (χ1n) is 6.35. The first-order chi connectivity index (χ1) is 7.15. The number of likely N-dealkylation sites (N-methyl/N-ethyl adjacent to an activating group) is 1. The molecule has 0 aromatic heterocycles. The summed E-state index contributed by atoms with van der Waals surface area (Å²) in [5.74, 6) is 1.49. The average molecular weight is 211 g/mol. The molecule has 1 saturated carbocycles. The molecular weight excluding hydrogens is 186 g/mol. The van der Waals surface area contributed by atoms with E-state index in [1.54, 1.807) is 0 Å². The lowest BCUT2D eigenvalue weighted by atomic mass is 9.81. The van der Waals surface area contributed by atoms with Gasteiger partial charge < -0.3 is 5.32 Å². The van der Waals surface area contributed by atoms with E-state index in [-0.39, 0.29) is 6.04 Å². The zero-order valence-electron chi connectivity index (χ0n) is 10.4. The number of hydrogen-bond donors (Lipinski definition) is 1. The number of carbonyl (C=O) groups excluding carboxylic acids is 1. The zero-order chi connectivity index (χ0) is 11.3. The Morgan fingerprint density at radius 1 is 1.27 bits per heavy atom. The van der Waals surface area contributed by atoms with Crippen molar-refractivity contribution in [3.63, 3.8) is 0 Å². The van der Waals surface area contributed by atoms with Gasteiger partial charge in [0.05, 0.1) is 6.04 Å². The predicted octanol–water partition coefficient (Wildman–Crippen LogP) is 2.77. The Hall–Kier alpha value is -0.370. The molecule has 1 atom stereocenters. The van der Waals surface area contributed by atoms with Crippen LogP contribution in [0, 0.1) is 11.8 Å². The summed E-state index contributed by atoms with van der Waals surface area (Å²) in [5.41, 5.74) is 0. The minimum atomic E-state index is 0.118. The van der Waals surface area contributed by atoms with E-state index in [0.29, 0.717) is 17.6 Å². The highest BCUT2D eigenvalue weighted by Gasteiger charge is 2.27. The number of Topliss-reactive ketones (excluding diaryl/α,β-unsaturated/α-hetero) is 1. The van der Waals surface area contributed by atoms with Crippen molar-refractivity contribution in [1.82, 2.24) is 5.32 Å². The Morgan fingerprint density at radius 3 is 2.33 bits per heavy atom. The average Bonchev–Trinajstić information content (AvgIpc) is 2.19. The summed E-state index contributed by atoms with van der Waals surface area (Å²) in [4.78, 5) is 12.0. The van der Waals surface area contributed by atoms with E-state index in [2.05, 4.69) is 19.2 Å². The number of nitrogens with one attached hydrogen (secondary N) is 1. The van der Waals surface area contributed by atoms with Gasteiger partial charge in [0.1, 0.15) is 5.78 Å². The Kier molecular flexibility index (Phi) is 5.30. The molecule has 0 spiro atoms. The van der Waals surface area contributed by atoms with Gasteiger partial charge in [-0.15, -0.1) is 0 Å². The molecule has 0 bridgehead atoms. The lowest BCUT2D eigenvalue weighted by Crippen LogP contribution is -2.42. The topological polar surface area (TPSA) is 29.1 Å². The third kappa shape index (κ3) is 3.94. The highest BCUT2D eigenvalue weighted by molar-refractivity contribution is 5.84. The Labute approximate surface area is 93.8 Å². The van der Waals surface area contributed by atoms with Crippen LogP contribution in [-0.2, 0) is 4.79 Å². The number of carbonyl (C=O) groups is 1. The van der Waals surface area contributed by atoms with E-state index in [0.717, 1.165) is 6.42 Å². The first kappa shape index (κ1) is 12.7. The van der Waals surface area contributed by atoms with Crippen LogP contribution < -0.4 is 5.32 Å². The van der Waals surface area contributed by atoms with Crippen LogP contribution in [0.25, 0.3) is 0 Å². The molecule has 1 aliphatic carbocycles. The van der Waals surface area contributed by atoms with Gasteiger partial charge in [0.25, 0.3) is 0 Å². The molecule has 1 fully saturated rings. The van der Waals surface area contributed by atoms with Gasteiger partial charge in [-0.1, -0.05) is 33.1 Å². The maximum absolute atomic E-state index is 12.0. The van der Waals surface area contributed by atoms with Crippen LogP contribution in [0.15, 0.2) is 0 Å². The third-order valence-corrected chi connectivity index (χ3v) is 3.39. The molecule has 0 aliphatic heterocycles. The van der Waals surface area contributed by atoms with Gasteiger partial charge in [0.15, 0.2) is 0 Å². The molecule has 0 amide bonds. The molecular formula is C13H25NO. The lowest BCUT2D eigenvalue weighted by molar-refractivity contribution is -0.123. The van der Waals surface area contributed by atoms with Crippen molar-refractivity contribution in [2.24, 2.45) is 11.8 Å². The second-order valence-electron chi connectivity index (χ2n) is 5.23. The summed E-state index contributed by atoms with van der Waals surface area (Å²) >= 11 is 0. The van der Waals surface area contributed by atoms with Crippen molar-refractivity contribution in [2.45, 2.75) is 58.4 Å². The minimum Gasteiger partial charge on any atom is -0.310 e. The van der Waals surface area contributed by atoms with Gasteiger partial charge in [-0.2, -0.15) is 0 Å². The first-order valence-corrected chi connectivity index (χ1v) is 6.35. The highest BCUT2D eigenvalue weighted by Crippen LogP contribution is 2.27. The summed E-state index contributed by atoms with van der Waals surface area (Å²) in [6.45, 7) is 4.23. The Balaban J connectivity index is 2.49. The van der Waals surface area contributed by atoms with Crippen molar-refractivity contribution in [1.29, 1.82) is 0 Å². The van der Waals surface area contributed by atoms with E-state index in [1.165, 1.54) is 32.1 Å². The molecule has 1 N–H and O–H groups in total. The van der Waals surface area contributed by atoms with Gasteiger partial charge in [-0.05, 0) is 31.7 Å².